The van der Waals surface area contributed by atoms with Crippen LogP contribution in [-0.2, 0) is 0 Å². The Labute approximate surface area is 129 Å². The van der Waals surface area contributed by atoms with E-state index in [-0.39, 0.29) is 11.1 Å². The number of nitrogens with one attached hydrogen (secondary N) is 1. The van der Waals surface area contributed by atoms with E-state index >= 15 is 0 Å². The Hall–Kier alpha value is -1.79. The van der Waals surface area contributed by atoms with Gasteiger partial charge < -0.3 is 15.8 Å². The quantitative estimate of drug-likeness (QED) is 0.653. The third-order valence-corrected chi connectivity index (χ3v) is 3.26. The number of ether oxygens (including phenoxy) is 1. The first-order valence-electron chi connectivity index (χ1n) is 5.57. The minimum absolute atomic E-state index is 0.199. The number of hydrogen-bond donors (Lipinski definition) is 2. The Bertz CT molecular complexity index is 664. The number of nitrogen functional groups attached to an aromatic ring is 1. The number of methoxy groups -OCH3 is 1. The first-order chi connectivity index (χ1) is 9.51. The number of benzene rings is 1. The third kappa shape index (κ3) is 3.20. The predicted octanol–water partition coefficient (Wildman–Crippen LogP) is 3.34. The van der Waals surface area contributed by atoms with Crippen LogP contribution < -0.4 is 15.8 Å². The molecule has 0 fully saturated rings. The van der Waals surface area contributed by atoms with Crippen LogP contribution in [0.15, 0.2) is 34.9 Å². The van der Waals surface area contributed by atoms with Gasteiger partial charge in [0.1, 0.15) is 5.75 Å². The second-order valence-corrected chi connectivity index (χ2v) is 5.18. The Morgan fingerprint density at radius 3 is 2.90 bits per heavy atom. The molecular weight excluding hydrogens is 346 g/mol. The number of rotatable bonds is 3. The molecule has 1 aromatic heterocycles. The van der Waals surface area contributed by atoms with Crippen molar-refractivity contribution in [2.75, 3.05) is 18.2 Å². The van der Waals surface area contributed by atoms with Crippen LogP contribution in [-0.4, -0.2) is 18.0 Å². The van der Waals surface area contributed by atoms with Crippen molar-refractivity contribution in [3.05, 3.63) is 45.7 Å². The summed E-state index contributed by atoms with van der Waals surface area (Å²) in [5, 5.41) is 2.87. The Morgan fingerprint density at radius 1 is 1.45 bits per heavy atom. The van der Waals surface area contributed by atoms with Crippen molar-refractivity contribution >= 4 is 44.8 Å². The maximum atomic E-state index is 12.3. The highest BCUT2D eigenvalue weighted by Crippen LogP contribution is 2.26. The molecule has 0 unspecified atom stereocenters. The normalized spacial score (nSPS) is 10.2. The van der Waals surface area contributed by atoms with Crippen LogP contribution in [0.5, 0.6) is 5.75 Å². The van der Waals surface area contributed by atoms with Crippen LogP contribution in [0.1, 0.15) is 10.4 Å². The second-order valence-electron chi connectivity index (χ2n) is 3.91. The lowest BCUT2D eigenvalue weighted by Crippen LogP contribution is -2.14. The molecule has 104 valence electrons. The lowest BCUT2D eigenvalue weighted by atomic mass is 10.1. The van der Waals surface area contributed by atoms with E-state index in [1.807, 2.05) is 0 Å². The average molecular weight is 357 g/mol. The van der Waals surface area contributed by atoms with Crippen molar-refractivity contribution in [1.29, 1.82) is 0 Å². The van der Waals surface area contributed by atoms with Gasteiger partial charge in [0.2, 0.25) is 0 Å². The molecule has 7 heteroatoms. The lowest BCUT2D eigenvalue weighted by molar-refractivity contribution is 0.102. The van der Waals surface area contributed by atoms with E-state index in [0.717, 1.165) is 0 Å². The van der Waals surface area contributed by atoms with Crippen LogP contribution in [0.2, 0.25) is 5.15 Å². The standard InChI is InChI=1S/C13H11BrClN3O2/c1-20-11-3-2-8(16)5-9(11)13(19)18-10-4-7(14)6-17-12(10)15/h2-6H,16H2,1H3,(H,18,19). The summed E-state index contributed by atoms with van der Waals surface area (Å²) >= 11 is 9.20. The summed E-state index contributed by atoms with van der Waals surface area (Å²) in [6.45, 7) is 0. The summed E-state index contributed by atoms with van der Waals surface area (Å²) in [7, 11) is 1.48. The third-order valence-electron chi connectivity index (χ3n) is 2.52. The number of aromatic nitrogens is 1. The number of anilines is 2. The van der Waals surface area contributed by atoms with E-state index in [1.54, 1.807) is 24.4 Å². The van der Waals surface area contributed by atoms with Crippen LogP contribution in [0, 0.1) is 0 Å². The van der Waals surface area contributed by atoms with E-state index in [2.05, 4.69) is 26.2 Å². The molecule has 2 aromatic rings. The maximum Gasteiger partial charge on any atom is 0.259 e. The van der Waals surface area contributed by atoms with Gasteiger partial charge in [0.15, 0.2) is 5.15 Å². The molecule has 3 N–H and O–H groups in total. The van der Waals surface area contributed by atoms with Crippen molar-refractivity contribution in [3.8, 4) is 5.75 Å². The number of nitrogens with zero attached hydrogens (tertiary/aromatic N) is 1. The molecule has 0 radical (unpaired) electrons. The number of carbonyl (C=O) groups excluding carboxylic acids is 1. The predicted molar refractivity (Wildman–Crippen MR) is 82.3 cm³/mol. The van der Waals surface area contributed by atoms with Gasteiger partial charge in [-0.1, -0.05) is 11.6 Å². The average Bonchev–Trinajstić information content (AvgIpc) is 2.42. The summed E-state index contributed by atoms with van der Waals surface area (Å²) in [6.07, 6.45) is 1.54. The number of amides is 1. The number of nitrogens with two attached hydrogens (primary N) is 1. The van der Waals surface area contributed by atoms with Gasteiger partial charge in [0.05, 0.1) is 18.4 Å². The molecule has 1 aromatic carbocycles. The Kier molecular flexibility index (Phi) is 4.46. The van der Waals surface area contributed by atoms with Crippen molar-refractivity contribution in [1.82, 2.24) is 4.98 Å². The zero-order valence-corrected chi connectivity index (χ0v) is 12.8. The minimum atomic E-state index is -0.379. The monoisotopic (exact) mass is 355 g/mol. The minimum Gasteiger partial charge on any atom is -0.496 e. The van der Waals surface area contributed by atoms with Crippen molar-refractivity contribution in [2.45, 2.75) is 0 Å². The molecule has 0 aliphatic carbocycles. The molecular formula is C13H11BrClN3O2. The first-order valence-corrected chi connectivity index (χ1v) is 6.74. The largest absolute Gasteiger partial charge is 0.496 e. The van der Waals surface area contributed by atoms with Gasteiger partial charge >= 0.3 is 0 Å². The zero-order valence-electron chi connectivity index (χ0n) is 10.5. The molecule has 0 aliphatic rings. The van der Waals surface area contributed by atoms with E-state index in [4.69, 9.17) is 22.1 Å². The summed E-state index contributed by atoms with van der Waals surface area (Å²) in [4.78, 5) is 16.2. The Balaban J connectivity index is 2.32. The van der Waals surface area contributed by atoms with Crippen molar-refractivity contribution in [3.63, 3.8) is 0 Å². The molecule has 2 rings (SSSR count). The van der Waals surface area contributed by atoms with Gasteiger partial charge in [-0.2, -0.15) is 0 Å². The molecule has 20 heavy (non-hydrogen) atoms. The van der Waals surface area contributed by atoms with E-state index in [0.29, 0.717) is 27.2 Å². The van der Waals surface area contributed by atoms with E-state index in [9.17, 15) is 4.79 Å². The second kappa shape index (κ2) is 6.11. The van der Waals surface area contributed by atoms with E-state index < -0.39 is 0 Å². The van der Waals surface area contributed by atoms with Gasteiger partial charge in [-0.15, -0.1) is 0 Å². The molecule has 1 heterocycles. The van der Waals surface area contributed by atoms with Crippen LogP contribution in [0.3, 0.4) is 0 Å². The molecule has 0 saturated carbocycles. The van der Waals surface area contributed by atoms with Crippen molar-refractivity contribution in [2.24, 2.45) is 0 Å². The smallest absolute Gasteiger partial charge is 0.259 e. The highest BCUT2D eigenvalue weighted by Gasteiger charge is 2.14. The SMILES string of the molecule is COc1ccc(N)cc1C(=O)Nc1cc(Br)cnc1Cl. The fourth-order valence-corrected chi connectivity index (χ4v) is 2.08. The zero-order chi connectivity index (χ0) is 14.7. The van der Waals surface area contributed by atoms with Crippen LogP contribution in [0.25, 0.3) is 0 Å². The number of pyridine rings is 1. The molecule has 1 amide bonds. The van der Waals surface area contributed by atoms with Gasteiger partial charge in [-0.3, -0.25) is 4.79 Å². The molecule has 5 nitrogen and oxygen atoms in total. The number of halogens is 2. The summed E-state index contributed by atoms with van der Waals surface area (Å²) < 4.78 is 5.84. The molecule has 0 aliphatic heterocycles. The van der Waals surface area contributed by atoms with Crippen LogP contribution in [0.4, 0.5) is 11.4 Å². The molecule has 0 atom stereocenters. The maximum absolute atomic E-state index is 12.3. The number of hydrogen-bond acceptors (Lipinski definition) is 4. The van der Waals surface area contributed by atoms with Gasteiger partial charge in [0.25, 0.3) is 5.91 Å². The lowest BCUT2D eigenvalue weighted by Gasteiger charge is -2.11. The summed E-state index contributed by atoms with van der Waals surface area (Å²) in [5.74, 6) is 0.0479. The fourth-order valence-electron chi connectivity index (χ4n) is 1.60. The van der Waals surface area contributed by atoms with Crippen molar-refractivity contribution < 1.29 is 9.53 Å². The molecule has 0 bridgehead atoms. The fraction of sp³-hybridized carbons (Fsp3) is 0.0769. The highest BCUT2D eigenvalue weighted by molar-refractivity contribution is 9.10. The highest BCUT2D eigenvalue weighted by atomic mass is 79.9. The summed E-state index contributed by atoms with van der Waals surface area (Å²) in [6, 6.07) is 6.48. The van der Waals surface area contributed by atoms with Gasteiger partial charge in [-0.05, 0) is 40.2 Å². The molecule has 0 spiro atoms. The van der Waals surface area contributed by atoms with Gasteiger partial charge in [-0.25, -0.2) is 4.98 Å². The topological polar surface area (TPSA) is 77.2 Å². The molecule has 0 saturated heterocycles. The van der Waals surface area contributed by atoms with Crippen LogP contribution >= 0.6 is 27.5 Å². The Morgan fingerprint density at radius 2 is 2.20 bits per heavy atom. The van der Waals surface area contributed by atoms with E-state index in [1.165, 1.54) is 13.2 Å². The summed E-state index contributed by atoms with van der Waals surface area (Å²) in [5.41, 5.74) is 6.87. The number of carbonyl (C=O) groups is 1. The van der Waals surface area contributed by atoms with Gasteiger partial charge in [0, 0.05) is 16.4 Å². The first kappa shape index (κ1) is 14.6.